The topological polar surface area (TPSA) is 41.6 Å². The van der Waals surface area contributed by atoms with E-state index in [1.165, 1.54) is 48.9 Å². The lowest BCUT2D eigenvalue weighted by atomic mass is 9.92. The van der Waals surface area contributed by atoms with Gasteiger partial charge in [-0.2, -0.15) is 0 Å². The molecule has 2 aromatic rings. The number of carbonyl (C=O) groups is 1. The summed E-state index contributed by atoms with van der Waals surface area (Å²) < 4.78 is 5.96. The number of nitrogens with zero attached hydrogens (tertiary/aromatic N) is 1. The van der Waals surface area contributed by atoms with Gasteiger partial charge >= 0.3 is 0 Å². The van der Waals surface area contributed by atoms with Crippen LogP contribution < -0.4 is 15.0 Å². The van der Waals surface area contributed by atoms with E-state index in [-0.39, 0.29) is 11.9 Å². The molecule has 2 aromatic carbocycles. The average Bonchev–Trinajstić information content (AvgIpc) is 2.79. The fraction of sp³-hybridized carbons (Fsp3) is 0.500. The average molecular weight is 407 g/mol. The standard InChI is InChI=1S/C26H34N2O2/c1-19(21-10-13-24(14-11-21)28-16-6-3-7-17-28)27-26(29)20(2)30-25-15-12-22-8-4-5-9-23(22)18-25/h10-15,18-20H,3-9,16-17H2,1-2H3,(H,27,29)/t19-,20+/m1/s1. The number of fused-ring (bicyclic) bond motifs is 1. The minimum Gasteiger partial charge on any atom is -0.481 e. The van der Waals surface area contributed by atoms with Crippen molar-refractivity contribution in [2.75, 3.05) is 18.0 Å². The van der Waals surface area contributed by atoms with Gasteiger partial charge in [0, 0.05) is 18.8 Å². The third-order valence-corrected chi connectivity index (χ3v) is 6.48. The van der Waals surface area contributed by atoms with Crippen molar-refractivity contribution in [3.05, 3.63) is 59.2 Å². The number of piperidine rings is 1. The molecule has 1 N–H and O–H groups in total. The predicted octanol–water partition coefficient (Wildman–Crippen LogP) is 5.20. The van der Waals surface area contributed by atoms with Gasteiger partial charge in [0.25, 0.3) is 5.91 Å². The Morgan fingerprint density at radius 3 is 2.33 bits per heavy atom. The molecule has 1 aliphatic carbocycles. The largest absolute Gasteiger partial charge is 0.481 e. The minimum absolute atomic E-state index is 0.0533. The Morgan fingerprint density at radius 2 is 1.60 bits per heavy atom. The molecule has 2 aliphatic rings. The van der Waals surface area contributed by atoms with Crippen molar-refractivity contribution < 1.29 is 9.53 Å². The highest BCUT2D eigenvalue weighted by atomic mass is 16.5. The lowest BCUT2D eigenvalue weighted by molar-refractivity contribution is -0.127. The van der Waals surface area contributed by atoms with Crippen LogP contribution in [-0.4, -0.2) is 25.1 Å². The molecule has 0 spiro atoms. The van der Waals surface area contributed by atoms with Crippen LogP contribution in [0.4, 0.5) is 5.69 Å². The van der Waals surface area contributed by atoms with Crippen molar-refractivity contribution in [1.82, 2.24) is 5.32 Å². The molecule has 1 amide bonds. The molecule has 2 atom stereocenters. The van der Waals surface area contributed by atoms with Crippen LogP contribution in [0, 0.1) is 0 Å². The number of rotatable bonds is 6. The lowest BCUT2D eigenvalue weighted by Crippen LogP contribution is -2.37. The molecule has 0 saturated carbocycles. The fourth-order valence-corrected chi connectivity index (χ4v) is 4.58. The van der Waals surface area contributed by atoms with Gasteiger partial charge in [-0.25, -0.2) is 0 Å². The summed E-state index contributed by atoms with van der Waals surface area (Å²) in [4.78, 5) is 15.1. The van der Waals surface area contributed by atoms with E-state index in [0.717, 1.165) is 37.2 Å². The zero-order valence-electron chi connectivity index (χ0n) is 18.3. The molecule has 1 fully saturated rings. The molecule has 1 heterocycles. The second-order valence-corrected chi connectivity index (χ2v) is 8.77. The monoisotopic (exact) mass is 406 g/mol. The summed E-state index contributed by atoms with van der Waals surface area (Å²) in [5, 5.41) is 3.10. The third-order valence-electron chi connectivity index (χ3n) is 6.48. The van der Waals surface area contributed by atoms with Crippen LogP contribution >= 0.6 is 0 Å². The maximum Gasteiger partial charge on any atom is 0.261 e. The van der Waals surface area contributed by atoms with Crippen molar-refractivity contribution >= 4 is 11.6 Å². The van der Waals surface area contributed by atoms with Crippen molar-refractivity contribution in [1.29, 1.82) is 0 Å². The summed E-state index contributed by atoms with van der Waals surface area (Å²) in [6.45, 7) is 6.13. The van der Waals surface area contributed by atoms with Gasteiger partial charge in [0.1, 0.15) is 5.75 Å². The second-order valence-electron chi connectivity index (χ2n) is 8.77. The molecule has 0 aromatic heterocycles. The van der Waals surface area contributed by atoms with Gasteiger partial charge in [-0.3, -0.25) is 4.79 Å². The number of anilines is 1. The Balaban J connectivity index is 1.32. The number of amides is 1. The second kappa shape index (κ2) is 9.55. The van der Waals surface area contributed by atoms with Crippen LogP contribution in [0.15, 0.2) is 42.5 Å². The van der Waals surface area contributed by atoms with Crippen LogP contribution in [0.1, 0.15) is 68.7 Å². The zero-order chi connectivity index (χ0) is 20.9. The normalized spacial score (nSPS) is 18.3. The molecule has 4 nitrogen and oxygen atoms in total. The number of aryl methyl sites for hydroxylation is 2. The Bertz CT molecular complexity index is 856. The molecule has 160 valence electrons. The van der Waals surface area contributed by atoms with Gasteiger partial charge in [-0.05, 0) is 99.7 Å². The van der Waals surface area contributed by atoms with Gasteiger partial charge in [0.2, 0.25) is 0 Å². The lowest BCUT2D eigenvalue weighted by Gasteiger charge is -2.29. The first-order valence-corrected chi connectivity index (χ1v) is 11.5. The van der Waals surface area contributed by atoms with Crippen molar-refractivity contribution in [2.24, 2.45) is 0 Å². The number of nitrogens with one attached hydrogen (secondary N) is 1. The predicted molar refractivity (Wildman–Crippen MR) is 122 cm³/mol. The van der Waals surface area contributed by atoms with Crippen LogP contribution in [0.5, 0.6) is 5.75 Å². The van der Waals surface area contributed by atoms with Crippen LogP contribution in [0.3, 0.4) is 0 Å². The first-order chi connectivity index (χ1) is 14.6. The number of hydrogen-bond donors (Lipinski definition) is 1. The van der Waals surface area contributed by atoms with Crippen molar-refractivity contribution in [3.8, 4) is 5.75 Å². The van der Waals surface area contributed by atoms with Gasteiger partial charge in [-0.15, -0.1) is 0 Å². The Morgan fingerprint density at radius 1 is 0.900 bits per heavy atom. The molecule has 4 rings (SSSR count). The number of hydrogen-bond acceptors (Lipinski definition) is 3. The summed E-state index contributed by atoms with van der Waals surface area (Å²) >= 11 is 0. The molecule has 0 bridgehead atoms. The molecule has 30 heavy (non-hydrogen) atoms. The van der Waals surface area contributed by atoms with E-state index in [1.807, 2.05) is 19.9 Å². The molecular weight excluding hydrogens is 372 g/mol. The smallest absolute Gasteiger partial charge is 0.261 e. The van der Waals surface area contributed by atoms with Gasteiger partial charge < -0.3 is 15.0 Å². The van der Waals surface area contributed by atoms with Gasteiger partial charge in [-0.1, -0.05) is 18.2 Å². The Kier molecular flexibility index (Phi) is 6.61. The van der Waals surface area contributed by atoms with Crippen LogP contribution in [-0.2, 0) is 17.6 Å². The molecular formula is C26H34N2O2. The molecule has 4 heteroatoms. The fourth-order valence-electron chi connectivity index (χ4n) is 4.58. The summed E-state index contributed by atoms with van der Waals surface area (Å²) in [7, 11) is 0. The van der Waals surface area contributed by atoms with E-state index in [1.54, 1.807) is 0 Å². The van der Waals surface area contributed by atoms with E-state index in [0.29, 0.717) is 0 Å². The van der Waals surface area contributed by atoms with E-state index >= 15 is 0 Å². The molecule has 0 unspecified atom stereocenters. The number of benzene rings is 2. The third kappa shape index (κ3) is 4.97. The summed E-state index contributed by atoms with van der Waals surface area (Å²) in [5.41, 5.74) is 5.19. The molecule has 1 saturated heterocycles. The summed E-state index contributed by atoms with van der Waals surface area (Å²) in [6.07, 6.45) is 8.12. The van der Waals surface area contributed by atoms with Gasteiger partial charge in [0.15, 0.2) is 6.10 Å². The van der Waals surface area contributed by atoms with E-state index < -0.39 is 6.10 Å². The quantitative estimate of drug-likeness (QED) is 0.717. The SMILES string of the molecule is C[C@H](Oc1ccc2c(c1)CCCC2)C(=O)N[C@H](C)c1ccc(N2CCCCC2)cc1. The minimum atomic E-state index is -0.526. The maximum atomic E-state index is 12.7. The van der Waals surface area contributed by atoms with Crippen LogP contribution in [0.2, 0.25) is 0 Å². The van der Waals surface area contributed by atoms with Crippen molar-refractivity contribution in [2.45, 2.75) is 70.9 Å². The highest BCUT2D eigenvalue weighted by molar-refractivity contribution is 5.81. The van der Waals surface area contributed by atoms with Crippen LogP contribution in [0.25, 0.3) is 0 Å². The summed E-state index contributed by atoms with van der Waals surface area (Å²) in [5.74, 6) is 0.706. The van der Waals surface area contributed by atoms with Crippen molar-refractivity contribution in [3.63, 3.8) is 0 Å². The number of carbonyl (C=O) groups excluding carboxylic acids is 1. The summed E-state index contributed by atoms with van der Waals surface area (Å²) in [6, 6.07) is 14.8. The van der Waals surface area contributed by atoms with E-state index in [2.05, 4.69) is 46.6 Å². The molecule has 1 aliphatic heterocycles. The number of ether oxygens (including phenoxy) is 1. The van der Waals surface area contributed by atoms with Gasteiger partial charge in [0.05, 0.1) is 6.04 Å². The first-order valence-electron chi connectivity index (χ1n) is 11.5. The maximum absolute atomic E-state index is 12.7. The van der Waals surface area contributed by atoms with E-state index in [4.69, 9.17) is 4.74 Å². The first kappa shape index (κ1) is 20.8. The Labute approximate surface area is 180 Å². The molecule has 0 radical (unpaired) electrons. The highest BCUT2D eigenvalue weighted by Gasteiger charge is 2.19. The van der Waals surface area contributed by atoms with E-state index in [9.17, 15) is 4.79 Å². The highest BCUT2D eigenvalue weighted by Crippen LogP contribution is 2.26. The zero-order valence-corrected chi connectivity index (χ0v) is 18.3. The Hall–Kier alpha value is -2.49.